The zero-order valence-corrected chi connectivity index (χ0v) is 9.96. The molecule has 1 nitrogen and oxygen atoms in total. The second-order valence-electron chi connectivity index (χ2n) is 0. The minimum Gasteiger partial charge on any atom is -1.00 e. The minimum absolute atomic E-state index is 0. The molecule has 0 saturated heterocycles. The van der Waals surface area contributed by atoms with Gasteiger partial charge in [-0.15, -0.1) is 0 Å². The molecular formula is H4ClK2N. The van der Waals surface area contributed by atoms with Crippen molar-refractivity contribution in [2.24, 2.45) is 5.25 Å². The summed E-state index contributed by atoms with van der Waals surface area (Å²) in [5, 5.41) is 3.97. The molecule has 0 aromatic rings. The van der Waals surface area contributed by atoms with Gasteiger partial charge in [0.25, 0.3) is 0 Å². The third-order valence-corrected chi connectivity index (χ3v) is 0. The van der Waals surface area contributed by atoms with Gasteiger partial charge in [-0.3, -0.25) is 0 Å². The first-order chi connectivity index (χ1) is 1.00. The van der Waals surface area contributed by atoms with Crippen molar-refractivity contribution in [1.29, 1.82) is 0 Å². The van der Waals surface area contributed by atoms with Crippen molar-refractivity contribution in [3.05, 3.63) is 0 Å². The van der Waals surface area contributed by atoms with Crippen LogP contribution in [0.3, 0.4) is 0 Å². The zero-order valence-electron chi connectivity index (χ0n) is 4.96. The van der Waals surface area contributed by atoms with E-state index in [0.29, 0.717) is 0 Å². The number of rotatable bonds is 0. The molecule has 0 aromatic heterocycles. The Balaban J connectivity index is -0.000000000833. The fourth-order valence-electron chi connectivity index (χ4n) is 0. The van der Waals surface area contributed by atoms with E-state index in [4.69, 9.17) is 0 Å². The minimum atomic E-state index is 0. The Labute approximate surface area is 119 Å². The van der Waals surface area contributed by atoms with Crippen molar-refractivity contribution in [3.63, 3.8) is 0 Å². The van der Waals surface area contributed by atoms with Crippen LogP contribution in [0.15, 0.2) is 0 Å². The number of hydrogen-bond donors (Lipinski definition) is 1. The molecule has 2 N–H and O–H groups in total. The monoisotopic (exact) mass is 131 g/mol. The van der Waals surface area contributed by atoms with Gasteiger partial charge in [0.05, 0.1) is 0 Å². The molecule has 0 aliphatic heterocycles. The first-order valence-electron chi connectivity index (χ1n) is 0.218. The molecule has 0 saturated carbocycles. The summed E-state index contributed by atoms with van der Waals surface area (Å²) in [6.45, 7) is 0. The van der Waals surface area contributed by atoms with E-state index < -0.39 is 0 Å². The molecule has 0 radical (unpaired) electrons. The third kappa shape index (κ3) is 9.10. The largest absolute Gasteiger partial charge is 1.00 e. The predicted octanol–water partition coefficient (Wildman–Crippen LogP) is -5.67. The maximum Gasteiger partial charge on any atom is 1.00 e. The Morgan fingerprint density at radius 1 is 1.25 bits per heavy atom. The van der Waals surface area contributed by atoms with Crippen LogP contribution in [0.4, 0.5) is 0 Å². The van der Waals surface area contributed by atoms with Crippen LogP contribution in [0.1, 0.15) is 2.85 Å². The SMILES string of the molecule is NCl.[H-].[H-].[K+].[K+]. The smallest absolute Gasteiger partial charge is 1.00 e. The Bertz CT molecular complexity index is 11.5. The van der Waals surface area contributed by atoms with Crippen molar-refractivity contribution in [3.8, 4) is 0 Å². The van der Waals surface area contributed by atoms with Crippen molar-refractivity contribution >= 4 is 11.8 Å². The van der Waals surface area contributed by atoms with Crippen LogP contribution in [0, 0.1) is 0 Å². The summed E-state index contributed by atoms with van der Waals surface area (Å²) in [6, 6.07) is 0. The Morgan fingerprint density at radius 2 is 1.25 bits per heavy atom. The normalized spacial score (nSPS) is 1.50. The second kappa shape index (κ2) is 16.0. The van der Waals surface area contributed by atoms with Gasteiger partial charge in [0.1, 0.15) is 0 Å². The molecule has 0 aliphatic rings. The van der Waals surface area contributed by atoms with E-state index in [9.17, 15) is 0 Å². The van der Waals surface area contributed by atoms with Gasteiger partial charge in [-0.05, 0) is 11.8 Å². The summed E-state index contributed by atoms with van der Waals surface area (Å²) in [4.78, 5) is 0. The molecule has 0 unspecified atom stereocenters. The second-order valence-corrected chi connectivity index (χ2v) is 0. The van der Waals surface area contributed by atoms with E-state index in [2.05, 4.69) is 17.0 Å². The van der Waals surface area contributed by atoms with Crippen LogP contribution in [0.25, 0.3) is 0 Å². The number of nitrogens with two attached hydrogens (primary N) is 1. The number of hydrogen-bond acceptors (Lipinski definition) is 1. The van der Waals surface area contributed by atoms with Crippen molar-refractivity contribution < 1.29 is 106 Å². The molecule has 0 bridgehead atoms. The Kier molecular flexibility index (Phi) is 62.7. The molecular weight excluding hydrogens is 128 g/mol. The summed E-state index contributed by atoms with van der Waals surface area (Å²) < 4.78 is 0. The molecule has 0 heterocycles. The molecule has 0 aromatic carbocycles. The summed E-state index contributed by atoms with van der Waals surface area (Å²) in [7, 11) is 0. The Morgan fingerprint density at radius 3 is 1.25 bits per heavy atom. The molecule has 0 amide bonds. The van der Waals surface area contributed by atoms with Gasteiger partial charge in [0, 0.05) is 0 Å². The fraction of sp³-hybridized carbons (Fsp3) is 0. The molecule has 18 valence electrons. The predicted molar refractivity (Wildman–Crippen MR) is 12.3 cm³/mol. The van der Waals surface area contributed by atoms with Crippen molar-refractivity contribution in [2.75, 3.05) is 0 Å². The van der Waals surface area contributed by atoms with Crippen LogP contribution in [-0.4, -0.2) is 0 Å². The number of halogens is 1. The summed E-state index contributed by atoms with van der Waals surface area (Å²) in [5.41, 5.74) is 0. The first kappa shape index (κ1) is 15.6. The van der Waals surface area contributed by atoms with E-state index in [0.717, 1.165) is 0 Å². The van der Waals surface area contributed by atoms with E-state index in [1.165, 1.54) is 0 Å². The average molecular weight is 132 g/mol. The van der Waals surface area contributed by atoms with E-state index >= 15 is 0 Å². The molecule has 0 rings (SSSR count). The van der Waals surface area contributed by atoms with Gasteiger partial charge in [0.15, 0.2) is 0 Å². The zero-order chi connectivity index (χ0) is 2.00. The van der Waals surface area contributed by atoms with E-state index in [-0.39, 0.29) is 106 Å². The molecule has 0 atom stereocenters. The third-order valence-electron chi connectivity index (χ3n) is 0. The summed E-state index contributed by atoms with van der Waals surface area (Å²) in [6.07, 6.45) is 0. The molecule has 0 fully saturated rings. The van der Waals surface area contributed by atoms with Crippen LogP contribution >= 0.6 is 11.8 Å². The molecule has 0 aliphatic carbocycles. The Hall–Kier alpha value is 3.52. The summed E-state index contributed by atoms with van der Waals surface area (Å²) >= 11 is 4.14. The quantitative estimate of drug-likeness (QED) is 0.258. The van der Waals surface area contributed by atoms with Crippen LogP contribution in [0.2, 0.25) is 0 Å². The average Bonchev–Trinajstić information content (AvgIpc) is 1.00. The molecule has 0 spiro atoms. The molecule has 4 heteroatoms. The van der Waals surface area contributed by atoms with Gasteiger partial charge in [0.2, 0.25) is 0 Å². The van der Waals surface area contributed by atoms with Crippen molar-refractivity contribution in [1.82, 2.24) is 0 Å². The first-order valence-corrected chi connectivity index (χ1v) is 0.655. The maximum atomic E-state index is 4.14. The van der Waals surface area contributed by atoms with Crippen LogP contribution in [0.5, 0.6) is 0 Å². The van der Waals surface area contributed by atoms with Crippen LogP contribution in [-0.2, 0) is 0 Å². The van der Waals surface area contributed by atoms with Gasteiger partial charge in [-0.25, -0.2) is 5.25 Å². The van der Waals surface area contributed by atoms with Crippen molar-refractivity contribution in [2.45, 2.75) is 0 Å². The standard InChI is InChI=1S/ClH2N.2K.2H/c1-2;;;;/h2H2;;;;/q;2*+1;2*-1. The van der Waals surface area contributed by atoms with Crippen LogP contribution < -0.4 is 108 Å². The molecule has 4 heavy (non-hydrogen) atoms. The van der Waals surface area contributed by atoms with E-state index in [1.807, 2.05) is 0 Å². The van der Waals surface area contributed by atoms with E-state index in [1.54, 1.807) is 0 Å². The van der Waals surface area contributed by atoms with Gasteiger partial charge >= 0.3 is 103 Å². The van der Waals surface area contributed by atoms with Gasteiger partial charge in [-0.2, -0.15) is 0 Å². The van der Waals surface area contributed by atoms with Gasteiger partial charge < -0.3 is 2.85 Å². The summed E-state index contributed by atoms with van der Waals surface area (Å²) in [5.74, 6) is 0. The maximum absolute atomic E-state index is 4.14. The van der Waals surface area contributed by atoms with Gasteiger partial charge in [-0.1, -0.05) is 0 Å². The fourth-order valence-corrected chi connectivity index (χ4v) is 0. The topological polar surface area (TPSA) is 26.0 Å².